The van der Waals surface area contributed by atoms with Crippen LogP contribution in [0.4, 0.5) is 0 Å². The molecule has 0 saturated carbocycles. The van der Waals surface area contributed by atoms with E-state index in [0.29, 0.717) is 37.6 Å². The summed E-state index contributed by atoms with van der Waals surface area (Å²) >= 11 is 0. The van der Waals surface area contributed by atoms with E-state index in [2.05, 4.69) is 0 Å². The fraction of sp³-hybridized carbons (Fsp3) is 0.409. The molecule has 0 saturated heterocycles. The number of rotatable bonds is 5. The Balaban J connectivity index is 1.53. The van der Waals surface area contributed by atoms with Crippen molar-refractivity contribution in [2.24, 2.45) is 0 Å². The fourth-order valence-electron chi connectivity index (χ4n) is 4.04. The summed E-state index contributed by atoms with van der Waals surface area (Å²) in [6, 6.07) is 14.3. The van der Waals surface area contributed by atoms with Gasteiger partial charge in [0, 0.05) is 13.1 Å². The molecule has 2 aromatic rings. The summed E-state index contributed by atoms with van der Waals surface area (Å²) in [6.45, 7) is 3.22. The van der Waals surface area contributed by atoms with Gasteiger partial charge in [0.1, 0.15) is 12.6 Å². The Morgan fingerprint density at radius 3 is 2.47 bits per heavy atom. The highest BCUT2D eigenvalue weighted by molar-refractivity contribution is 7.88. The summed E-state index contributed by atoms with van der Waals surface area (Å²) in [6.07, 6.45) is 1.21. The summed E-state index contributed by atoms with van der Waals surface area (Å²) in [4.78, 5) is 15.1. The van der Waals surface area contributed by atoms with Crippen LogP contribution >= 0.6 is 0 Å². The van der Waals surface area contributed by atoms with Crippen LogP contribution in [0.1, 0.15) is 18.1 Å². The van der Waals surface area contributed by atoms with Crippen LogP contribution in [-0.2, 0) is 27.8 Å². The highest BCUT2D eigenvalue weighted by Gasteiger charge is 2.39. The van der Waals surface area contributed by atoms with Gasteiger partial charge in [-0.3, -0.25) is 4.79 Å². The Morgan fingerprint density at radius 1 is 1.10 bits per heavy atom. The first kappa shape index (κ1) is 20.7. The van der Waals surface area contributed by atoms with Crippen LogP contribution in [-0.4, -0.2) is 61.6 Å². The first-order valence-electron chi connectivity index (χ1n) is 10.1. The quantitative estimate of drug-likeness (QED) is 0.726. The molecule has 0 N–H and O–H groups in total. The molecule has 0 unspecified atom stereocenters. The SMILES string of the molecule is CCN(C[C@@H]1COc2ccccc2O1)C(=O)[C@H]1Cc2ccccc2CN1S(C)(=O)=O. The number of carbonyl (C=O) groups is 1. The smallest absolute Gasteiger partial charge is 0.241 e. The first-order valence-corrected chi connectivity index (χ1v) is 11.9. The fourth-order valence-corrected chi connectivity index (χ4v) is 5.04. The Labute approximate surface area is 177 Å². The number of nitrogens with zero attached hydrogens (tertiary/aromatic N) is 2. The van der Waals surface area contributed by atoms with Crippen molar-refractivity contribution in [3.8, 4) is 11.5 Å². The molecule has 4 rings (SSSR count). The zero-order valence-corrected chi connectivity index (χ0v) is 18.0. The average Bonchev–Trinajstić information content (AvgIpc) is 2.75. The minimum atomic E-state index is -3.55. The van der Waals surface area contributed by atoms with Crippen LogP contribution in [0.2, 0.25) is 0 Å². The molecule has 2 aliphatic heterocycles. The van der Waals surface area contributed by atoms with Gasteiger partial charge >= 0.3 is 0 Å². The average molecular weight is 431 g/mol. The molecule has 160 valence electrons. The van der Waals surface area contributed by atoms with Gasteiger partial charge in [0.25, 0.3) is 0 Å². The van der Waals surface area contributed by atoms with Crippen LogP contribution in [0.3, 0.4) is 0 Å². The van der Waals surface area contributed by atoms with Crippen molar-refractivity contribution in [3.63, 3.8) is 0 Å². The van der Waals surface area contributed by atoms with E-state index in [9.17, 15) is 13.2 Å². The first-order chi connectivity index (χ1) is 14.4. The summed E-state index contributed by atoms with van der Waals surface area (Å²) in [7, 11) is -3.55. The zero-order chi connectivity index (χ0) is 21.3. The van der Waals surface area contributed by atoms with E-state index >= 15 is 0 Å². The Bertz CT molecular complexity index is 1040. The standard InChI is InChI=1S/C22H26N2O5S/c1-3-23(14-18-15-28-20-10-6-7-11-21(20)29-18)22(25)19-12-16-8-4-5-9-17(16)13-24(19)30(2,26)27/h4-11,18-19H,3,12-15H2,1-2H3/t18-,19-/m1/s1. The van der Waals surface area contributed by atoms with Gasteiger partial charge in [-0.05, 0) is 36.6 Å². The van der Waals surface area contributed by atoms with Gasteiger partial charge < -0.3 is 14.4 Å². The molecule has 0 aliphatic carbocycles. The molecule has 0 bridgehead atoms. The van der Waals surface area contributed by atoms with E-state index in [1.807, 2.05) is 55.5 Å². The normalized spacial score (nSPS) is 21.0. The Morgan fingerprint density at radius 2 is 1.77 bits per heavy atom. The van der Waals surface area contributed by atoms with Gasteiger partial charge in [-0.25, -0.2) is 8.42 Å². The highest BCUT2D eigenvalue weighted by Crippen LogP contribution is 2.31. The van der Waals surface area contributed by atoms with Crippen LogP contribution in [0.15, 0.2) is 48.5 Å². The lowest BCUT2D eigenvalue weighted by Crippen LogP contribution is -2.55. The molecule has 0 radical (unpaired) electrons. The number of hydrogen-bond acceptors (Lipinski definition) is 5. The zero-order valence-electron chi connectivity index (χ0n) is 17.2. The summed E-state index contributed by atoms with van der Waals surface area (Å²) in [5.41, 5.74) is 1.95. The topological polar surface area (TPSA) is 76.2 Å². The number of ether oxygens (including phenoxy) is 2. The molecule has 1 amide bonds. The molecule has 0 fully saturated rings. The molecule has 7 nitrogen and oxygen atoms in total. The third kappa shape index (κ3) is 4.15. The molecular weight excluding hydrogens is 404 g/mol. The van der Waals surface area contributed by atoms with Crippen LogP contribution in [0.5, 0.6) is 11.5 Å². The lowest BCUT2D eigenvalue weighted by molar-refractivity contribution is -0.137. The van der Waals surface area contributed by atoms with Gasteiger partial charge in [0.15, 0.2) is 17.6 Å². The number of likely N-dealkylation sites (N-methyl/N-ethyl adjacent to an activating group) is 1. The largest absolute Gasteiger partial charge is 0.486 e. The molecule has 0 aromatic heterocycles. The van der Waals surface area contributed by atoms with E-state index in [0.717, 1.165) is 17.4 Å². The number of fused-ring (bicyclic) bond motifs is 2. The second-order valence-electron chi connectivity index (χ2n) is 7.67. The van der Waals surface area contributed by atoms with Crippen molar-refractivity contribution in [3.05, 3.63) is 59.7 Å². The van der Waals surface area contributed by atoms with E-state index < -0.39 is 16.1 Å². The Hall–Kier alpha value is -2.58. The number of sulfonamides is 1. The maximum atomic E-state index is 13.4. The van der Waals surface area contributed by atoms with Crippen molar-refractivity contribution in [2.75, 3.05) is 26.0 Å². The number of carbonyl (C=O) groups excluding carboxylic acids is 1. The van der Waals surface area contributed by atoms with E-state index in [1.54, 1.807) is 4.90 Å². The number of benzene rings is 2. The second-order valence-corrected chi connectivity index (χ2v) is 9.61. The van der Waals surface area contributed by atoms with E-state index in [4.69, 9.17) is 9.47 Å². The molecule has 2 aliphatic rings. The molecule has 2 aromatic carbocycles. The van der Waals surface area contributed by atoms with E-state index in [1.165, 1.54) is 4.31 Å². The van der Waals surface area contributed by atoms with Crippen molar-refractivity contribution in [2.45, 2.75) is 32.0 Å². The molecule has 2 atom stereocenters. The van der Waals surface area contributed by atoms with Gasteiger partial charge in [0.2, 0.25) is 15.9 Å². The molecule has 30 heavy (non-hydrogen) atoms. The molecular formula is C22H26N2O5S. The van der Waals surface area contributed by atoms with Crippen LogP contribution < -0.4 is 9.47 Å². The predicted octanol–water partition coefficient (Wildman–Crippen LogP) is 2.06. The summed E-state index contributed by atoms with van der Waals surface area (Å²) in [5, 5.41) is 0. The van der Waals surface area contributed by atoms with Crippen molar-refractivity contribution in [1.82, 2.24) is 9.21 Å². The maximum Gasteiger partial charge on any atom is 0.241 e. The number of amides is 1. The van der Waals surface area contributed by atoms with Gasteiger partial charge in [-0.1, -0.05) is 36.4 Å². The van der Waals surface area contributed by atoms with Gasteiger partial charge in [-0.15, -0.1) is 0 Å². The lowest BCUT2D eigenvalue weighted by atomic mass is 9.95. The van der Waals surface area contributed by atoms with Crippen molar-refractivity contribution >= 4 is 15.9 Å². The Kier molecular flexibility index (Phi) is 5.71. The minimum absolute atomic E-state index is 0.208. The third-order valence-corrected chi connectivity index (χ3v) is 6.84. The van der Waals surface area contributed by atoms with Crippen LogP contribution in [0, 0.1) is 0 Å². The molecule has 0 spiro atoms. The van der Waals surface area contributed by atoms with Crippen molar-refractivity contribution < 1.29 is 22.7 Å². The third-order valence-electron chi connectivity index (χ3n) is 5.60. The van der Waals surface area contributed by atoms with Gasteiger partial charge in [-0.2, -0.15) is 4.31 Å². The summed E-state index contributed by atoms with van der Waals surface area (Å²) < 4.78 is 38.0. The minimum Gasteiger partial charge on any atom is -0.486 e. The number of hydrogen-bond donors (Lipinski definition) is 0. The van der Waals surface area contributed by atoms with E-state index in [-0.39, 0.29) is 18.6 Å². The monoisotopic (exact) mass is 430 g/mol. The highest BCUT2D eigenvalue weighted by atomic mass is 32.2. The lowest BCUT2D eigenvalue weighted by Gasteiger charge is -2.38. The number of para-hydroxylation sites is 2. The molecule has 8 heteroatoms. The van der Waals surface area contributed by atoms with Crippen molar-refractivity contribution in [1.29, 1.82) is 0 Å². The predicted molar refractivity (Wildman–Crippen MR) is 113 cm³/mol. The summed E-state index contributed by atoms with van der Waals surface area (Å²) in [5.74, 6) is 1.14. The van der Waals surface area contributed by atoms with Gasteiger partial charge in [0.05, 0.1) is 12.8 Å². The second kappa shape index (κ2) is 8.28. The molecule has 2 heterocycles. The maximum absolute atomic E-state index is 13.4. The van der Waals surface area contributed by atoms with Crippen LogP contribution in [0.25, 0.3) is 0 Å².